The Hall–Kier alpha value is -2.11. The van der Waals surface area contributed by atoms with Crippen LogP contribution < -0.4 is 9.64 Å². The summed E-state index contributed by atoms with van der Waals surface area (Å²) in [5.41, 5.74) is 0.545. The Morgan fingerprint density at radius 1 is 1.38 bits per heavy atom. The number of hydrogen-bond acceptors (Lipinski definition) is 5. The third kappa shape index (κ3) is 3.32. The smallest absolute Gasteiger partial charge is 0.333 e. The number of ether oxygens (including phenoxy) is 1. The van der Waals surface area contributed by atoms with Crippen LogP contribution in [-0.4, -0.2) is 30.4 Å². The Morgan fingerprint density at radius 2 is 2.05 bits per heavy atom. The van der Waals surface area contributed by atoms with Gasteiger partial charge in [-0.1, -0.05) is 6.07 Å². The number of rotatable bonds is 5. The molecule has 1 aromatic carbocycles. The summed E-state index contributed by atoms with van der Waals surface area (Å²) in [5.74, 6) is 0.566. The third-order valence-electron chi connectivity index (χ3n) is 3.90. The molecule has 0 atom stereocenters. The van der Waals surface area contributed by atoms with Gasteiger partial charge in [0.05, 0.1) is 11.5 Å². The second-order valence-electron chi connectivity index (χ2n) is 5.19. The van der Waals surface area contributed by atoms with Crippen molar-refractivity contribution >= 4 is 17.2 Å². The van der Waals surface area contributed by atoms with Gasteiger partial charge < -0.3 is 9.64 Å². The summed E-state index contributed by atoms with van der Waals surface area (Å²) < 4.78 is 5.37. The Morgan fingerprint density at radius 3 is 2.62 bits per heavy atom. The Kier molecular flexibility index (Phi) is 4.77. The minimum absolute atomic E-state index is 0.00116. The van der Waals surface area contributed by atoms with E-state index in [2.05, 4.69) is 0 Å². The minimum Gasteiger partial charge on any atom is -0.487 e. The Balaban J connectivity index is 2.31. The molecule has 1 aliphatic rings. The van der Waals surface area contributed by atoms with Crippen LogP contribution in [0.4, 0.5) is 11.4 Å². The van der Waals surface area contributed by atoms with E-state index in [-0.39, 0.29) is 17.5 Å². The van der Waals surface area contributed by atoms with Crippen LogP contribution in [0.2, 0.25) is 0 Å². The molecule has 0 unspecified atom stereocenters. The van der Waals surface area contributed by atoms with E-state index in [0.717, 1.165) is 12.8 Å². The molecule has 0 saturated heterocycles. The van der Waals surface area contributed by atoms with Crippen LogP contribution >= 0.6 is 0 Å². The lowest BCUT2D eigenvalue weighted by Gasteiger charge is -2.32. The summed E-state index contributed by atoms with van der Waals surface area (Å²) in [5, 5.41) is 11.4. The van der Waals surface area contributed by atoms with Crippen LogP contribution in [0, 0.1) is 10.1 Å². The third-order valence-corrected chi connectivity index (χ3v) is 3.90. The van der Waals surface area contributed by atoms with Crippen LogP contribution in [0.5, 0.6) is 5.75 Å². The standard InChI is InChI=1S/C15H20N2O4/c1-3-21-14-6-4-5-13(15(14)17(19)20)16(2)11-7-9-12(18)10-8-11/h4-6,11H,3,7-10H2,1-2H3. The summed E-state index contributed by atoms with van der Waals surface area (Å²) in [6, 6.07) is 5.26. The second kappa shape index (κ2) is 6.56. The molecule has 0 heterocycles. The number of anilines is 1. The maximum atomic E-state index is 11.4. The molecular weight excluding hydrogens is 272 g/mol. The molecule has 6 nitrogen and oxygen atoms in total. The maximum Gasteiger partial charge on any atom is 0.333 e. The molecule has 1 aliphatic carbocycles. The quantitative estimate of drug-likeness (QED) is 0.616. The van der Waals surface area contributed by atoms with Gasteiger partial charge in [0, 0.05) is 25.9 Å². The van der Waals surface area contributed by atoms with Gasteiger partial charge in [-0.3, -0.25) is 14.9 Å². The van der Waals surface area contributed by atoms with Crippen LogP contribution in [0.1, 0.15) is 32.6 Å². The second-order valence-corrected chi connectivity index (χ2v) is 5.19. The van der Waals surface area contributed by atoms with E-state index < -0.39 is 4.92 Å². The lowest BCUT2D eigenvalue weighted by molar-refractivity contribution is -0.385. The van der Waals surface area contributed by atoms with Gasteiger partial charge >= 0.3 is 5.69 Å². The average Bonchev–Trinajstić information content (AvgIpc) is 2.47. The molecule has 0 aromatic heterocycles. The molecule has 21 heavy (non-hydrogen) atoms. The lowest BCUT2D eigenvalue weighted by atomic mass is 9.93. The van der Waals surface area contributed by atoms with Crippen molar-refractivity contribution in [3.63, 3.8) is 0 Å². The van der Waals surface area contributed by atoms with Crippen molar-refractivity contribution in [2.24, 2.45) is 0 Å². The Labute approximate surface area is 123 Å². The van der Waals surface area contributed by atoms with Crippen LogP contribution in [0.3, 0.4) is 0 Å². The molecule has 0 bridgehead atoms. The molecule has 1 aromatic rings. The first-order chi connectivity index (χ1) is 10.0. The number of nitro benzene ring substituents is 1. The largest absolute Gasteiger partial charge is 0.487 e. The number of nitro groups is 1. The van der Waals surface area contributed by atoms with Crippen LogP contribution in [-0.2, 0) is 4.79 Å². The van der Waals surface area contributed by atoms with Gasteiger partial charge in [0.25, 0.3) is 0 Å². The number of carbonyl (C=O) groups is 1. The molecular formula is C15H20N2O4. The molecule has 0 radical (unpaired) electrons. The van der Waals surface area contributed by atoms with E-state index in [1.807, 2.05) is 11.9 Å². The maximum absolute atomic E-state index is 11.4. The first-order valence-corrected chi connectivity index (χ1v) is 7.19. The van der Waals surface area contributed by atoms with Gasteiger partial charge in [-0.25, -0.2) is 0 Å². The summed E-state index contributed by atoms with van der Waals surface area (Å²) in [4.78, 5) is 24.2. The topological polar surface area (TPSA) is 72.7 Å². The zero-order chi connectivity index (χ0) is 15.4. The SMILES string of the molecule is CCOc1cccc(N(C)C2CCC(=O)CC2)c1[N+](=O)[O-]. The zero-order valence-electron chi connectivity index (χ0n) is 12.4. The molecule has 0 spiro atoms. The first kappa shape index (κ1) is 15.3. The number of nitrogens with zero attached hydrogens (tertiary/aromatic N) is 2. The molecule has 1 saturated carbocycles. The van der Waals surface area contributed by atoms with Crippen molar-refractivity contribution in [1.82, 2.24) is 0 Å². The highest BCUT2D eigenvalue weighted by Gasteiger charge is 2.29. The fraction of sp³-hybridized carbons (Fsp3) is 0.533. The number of hydrogen-bond donors (Lipinski definition) is 0. The number of Topliss-reactive ketones (excluding diaryl/α,β-unsaturated/α-hetero) is 1. The van der Waals surface area contributed by atoms with Gasteiger partial charge in [0.2, 0.25) is 0 Å². The highest BCUT2D eigenvalue weighted by atomic mass is 16.6. The van der Waals surface area contributed by atoms with E-state index >= 15 is 0 Å². The van der Waals surface area contributed by atoms with E-state index in [1.165, 1.54) is 0 Å². The number of para-hydroxylation sites is 1. The summed E-state index contributed by atoms with van der Waals surface area (Å²) in [6.07, 6.45) is 2.58. The van der Waals surface area contributed by atoms with Crippen molar-refractivity contribution in [1.29, 1.82) is 0 Å². The Bertz CT molecular complexity index is 534. The predicted molar refractivity (Wildman–Crippen MR) is 79.9 cm³/mol. The monoisotopic (exact) mass is 292 g/mol. The molecule has 114 valence electrons. The normalized spacial score (nSPS) is 15.8. The van der Waals surface area contributed by atoms with Gasteiger partial charge in [-0.15, -0.1) is 0 Å². The zero-order valence-corrected chi connectivity index (χ0v) is 12.4. The van der Waals surface area contributed by atoms with E-state index in [4.69, 9.17) is 4.74 Å². The van der Waals surface area contributed by atoms with Crippen molar-refractivity contribution in [3.8, 4) is 5.75 Å². The number of ketones is 1. The van der Waals surface area contributed by atoms with Gasteiger partial charge in [-0.05, 0) is 31.9 Å². The summed E-state index contributed by atoms with van der Waals surface area (Å²) >= 11 is 0. The molecule has 0 N–H and O–H groups in total. The number of carbonyl (C=O) groups excluding carboxylic acids is 1. The molecule has 2 rings (SSSR count). The van der Waals surface area contributed by atoms with Crippen LogP contribution in [0.25, 0.3) is 0 Å². The van der Waals surface area contributed by atoms with Crippen molar-refractivity contribution < 1.29 is 14.5 Å². The minimum atomic E-state index is -0.398. The molecule has 1 fully saturated rings. The first-order valence-electron chi connectivity index (χ1n) is 7.19. The highest BCUT2D eigenvalue weighted by Crippen LogP contribution is 2.38. The lowest BCUT2D eigenvalue weighted by Crippen LogP contribution is -2.35. The fourth-order valence-electron chi connectivity index (χ4n) is 2.76. The van der Waals surface area contributed by atoms with E-state index in [1.54, 1.807) is 25.1 Å². The fourth-order valence-corrected chi connectivity index (χ4v) is 2.76. The van der Waals surface area contributed by atoms with E-state index in [0.29, 0.717) is 30.9 Å². The molecule has 6 heteroatoms. The van der Waals surface area contributed by atoms with Gasteiger partial charge in [0.15, 0.2) is 5.75 Å². The van der Waals surface area contributed by atoms with Crippen LogP contribution in [0.15, 0.2) is 18.2 Å². The van der Waals surface area contributed by atoms with Crippen molar-refractivity contribution in [2.45, 2.75) is 38.6 Å². The molecule has 0 aliphatic heterocycles. The van der Waals surface area contributed by atoms with E-state index in [9.17, 15) is 14.9 Å². The highest BCUT2D eigenvalue weighted by molar-refractivity contribution is 5.79. The molecule has 0 amide bonds. The van der Waals surface area contributed by atoms with Gasteiger partial charge in [0.1, 0.15) is 11.5 Å². The van der Waals surface area contributed by atoms with Gasteiger partial charge in [-0.2, -0.15) is 0 Å². The average molecular weight is 292 g/mol. The number of benzene rings is 1. The summed E-state index contributed by atoms with van der Waals surface area (Å²) in [6.45, 7) is 2.18. The van der Waals surface area contributed by atoms with Crippen molar-refractivity contribution in [2.75, 3.05) is 18.6 Å². The summed E-state index contributed by atoms with van der Waals surface area (Å²) in [7, 11) is 1.85. The van der Waals surface area contributed by atoms with Crippen molar-refractivity contribution in [3.05, 3.63) is 28.3 Å². The predicted octanol–water partition coefficient (Wildman–Crippen LogP) is 2.94.